The first kappa shape index (κ1) is 19.1. The molecule has 138 valence electrons. The van der Waals surface area contributed by atoms with Gasteiger partial charge in [-0.05, 0) is 19.0 Å². The van der Waals surface area contributed by atoms with Gasteiger partial charge in [-0.1, -0.05) is 19.9 Å². The Morgan fingerprint density at radius 3 is 2.56 bits per heavy atom. The molecule has 2 N–H and O–H groups in total. The van der Waals surface area contributed by atoms with Crippen molar-refractivity contribution in [2.45, 2.75) is 19.9 Å². The number of piperazine rings is 1. The first-order valence-electron chi connectivity index (χ1n) is 8.58. The predicted octanol–water partition coefficient (Wildman–Crippen LogP) is 1.99. The van der Waals surface area contributed by atoms with Crippen LogP contribution in [0.25, 0.3) is 0 Å². The van der Waals surface area contributed by atoms with Crippen LogP contribution in [-0.4, -0.2) is 66.6 Å². The second kappa shape index (κ2) is 8.77. The molecule has 1 saturated heterocycles. The van der Waals surface area contributed by atoms with E-state index in [-0.39, 0.29) is 17.8 Å². The van der Waals surface area contributed by atoms with Crippen LogP contribution in [0.1, 0.15) is 13.8 Å². The van der Waals surface area contributed by atoms with E-state index in [0.29, 0.717) is 18.2 Å². The molecule has 2 rings (SSSR count). The lowest BCUT2D eigenvalue weighted by atomic mass is 10.0. The maximum absolute atomic E-state index is 12.1. The van der Waals surface area contributed by atoms with Gasteiger partial charge < -0.3 is 15.5 Å². The lowest BCUT2D eigenvalue weighted by Gasteiger charge is -2.39. The number of nitro groups is 1. The van der Waals surface area contributed by atoms with Crippen LogP contribution in [0.15, 0.2) is 24.3 Å². The van der Waals surface area contributed by atoms with E-state index in [9.17, 15) is 14.9 Å². The maximum atomic E-state index is 12.1. The van der Waals surface area contributed by atoms with E-state index in [2.05, 4.69) is 41.3 Å². The molecular weight excluding hydrogens is 322 g/mol. The highest BCUT2D eigenvalue weighted by atomic mass is 16.6. The van der Waals surface area contributed by atoms with Crippen molar-refractivity contribution in [1.82, 2.24) is 15.1 Å². The van der Waals surface area contributed by atoms with E-state index in [1.165, 1.54) is 12.1 Å². The Balaban J connectivity index is 1.88. The highest BCUT2D eigenvalue weighted by Gasteiger charge is 2.25. The molecule has 8 nitrogen and oxygen atoms in total. The number of non-ortho nitro benzene ring substituents is 1. The molecule has 1 heterocycles. The Kier molecular flexibility index (Phi) is 6.72. The minimum absolute atomic E-state index is 0.0460. The summed E-state index contributed by atoms with van der Waals surface area (Å²) in [7, 11) is 2.12. The summed E-state index contributed by atoms with van der Waals surface area (Å²) in [5, 5.41) is 16.4. The quantitative estimate of drug-likeness (QED) is 0.605. The largest absolute Gasteiger partial charge is 0.336 e. The fourth-order valence-corrected chi connectivity index (χ4v) is 3.01. The zero-order valence-corrected chi connectivity index (χ0v) is 15.1. The number of hydrogen-bond acceptors (Lipinski definition) is 5. The molecule has 0 bridgehead atoms. The van der Waals surface area contributed by atoms with Crippen LogP contribution in [0.5, 0.6) is 0 Å². The minimum Gasteiger partial charge on any atom is -0.336 e. The Morgan fingerprint density at radius 1 is 1.28 bits per heavy atom. The number of hydrogen-bond donors (Lipinski definition) is 2. The second-order valence-corrected chi connectivity index (χ2v) is 6.79. The average Bonchev–Trinajstić information content (AvgIpc) is 2.56. The normalized spacial score (nSPS) is 17.3. The van der Waals surface area contributed by atoms with Crippen LogP contribution in [0, 0.1) is 16.0 Å². The lowest BCUT2D eigenvalue weighted by molar-refractivity contribution is -0.384. The summed E-state index contributed by atoms with van der Waals surface area (Å²) < 4.78 is 0. The molecule has 2 amide bonds. The number of benzene rings is 1. The molecule has 0 radical (unpaired) electrons. The number of amides is 2. The average molecular weight is 349 g/mol. The molecule has 0 aromatic heterocycles. The van der Waals surface area contributed by atoms with Gasteiger partial charge in [0.1, 0.15) is 0 Å². The molecule has 0 aliphatic carbocycles. The van der Waals surface area contributed by atoms with Crippen molar-refractivity contribution in [3.05, 3.63) is 34.4 Å². The number of rotatable bonds is 6. The topological polar surface area (TPSA) is 90.7 Å². The Hall–Kier alpha value is -2.19. The predicted molar refractivity (Wildman–Crippen MR) is 97.8 cm³/mol. The SMILES string of the molecule is CC(C)[C@@H](CNC(=O)Nc1cccc([N+](=O)[O-])c1)N1CCN(C)CC1. The van der Waals surface area contributed by atoms with Gasteiger partial charge >= 0.3 is 6.03 Å². The summed E-state index contributed by atoms with van der Waals surface area (Å²) in [5.41, 5.74) is 0.364. The summed E-state index contributed by atoms with van der Waals surface area (Å²) >= 11 is 0. The fourth-order valence-electron chi connectivity index (χ4n) is 3.01. The van der Waals surface area contributed by atoms with Crippen molar-refractivity contribution in [3.8, 4) is 0 Å². The van der Waals surface area contributed by atoms with Gasteiger partial charge in [0.15, 0.2) is 0 Å². The molecule has 1 aliphatic heterocycles. The number of carbonyl (C=O) groups excluding carboxylic acids is 1. The summed E-state index contributed by atoms with van der Waals surface area (Å²) in [6.45, 7) is 8.90. The Labute approximate surface area is 148 Å². The van der Waals surface area contributed by atoms with Crippen LogP contribution in [0.4, 0.5) is 16.2 Å². The van der Waals surface area contributed by atoms with Crippen molar-refractivity contribution in [1.29, 1.82) is 0 Å². The molecule has 1 aromatic carbocycles. The van der Waals surface area contributed by atoms with Crippen molar-refractivity contribution in [2.75, 3.05) is 45.1 Å². The smallest absolute Gasteiger partial charge is 0.319 e. The molecule has 1 fully saturated rings. The Bertz CT molecular complexity index is 600. The summed E-state index contributed by atoms with van der Waals surface area (Å²) in [6.07, 6.45) is 0. The Morgan fingerprint density at radius 2 is 1.96 bits per heavy atom. The molecule has 0 saturated carbocycles. The third-order valence-corrected chi connectivity index (χ3v) is 4.56. The van der Waals surface area contributed by atoms with Gasteiger partial charge in [0.25, 0.3) is 5.69 Å². The fraction of sp³-hybridized carbons (Fsp3) is 0.588. The molecule has 0 spiro atoms. The van der Waals surface area contributed by atoms with E-state index >= 15 is 0 Å². The van der Waals surface area contributed by atoms with Crippen LogP contribution in [0.3, 0.4) is 0 Å². The number of anilines is 1. The number of nitrogens with zero attached hydrogens (tertiary/aromatic N) is 3. The first-order chi connectivity index (χ1) is 11.9. The van der Waals surface area contributed by atoms with Crippen LogP contribution >= 0.6 is 0 Å². The third kappa shape index (κ3) is 5.68. The minimum atomic E-state index is -0.481. The number of urea groups is 1. The number of nitrogens with one attached hydrogen (secondary N) is 2. The van der Waals surface area contributed by atoms with Gasteiger partial charge in [-0.15, -0.1) is 0 Å². The summed E-state index contributed by atoms with van der Waals surface area (Å²) in [5.74, 6) is 0.418. The standard InChI is InChI=1S/C17H27N5O3/c1-13(2)16(21-9-7-20(3)8-10-21)12-18-17(23)19-14-5-4-6-15(11-14)22(24)25/h4-6,11,13,16H,7-10,12H2,1-3H3,(H2,18,19,23)/t16-/m1/s1. The highest BCUT2D eigenvalue weighted by Crippen LogP contribution is 2.17. The molecule has 8 heteroatoms. The van der Waals surface area contributed by atoms with Gasteiger partial charge in [-0.3, -0.25) is 15.0 Å². The first-order valence-corrected chi connectivity index (χ1v) is 8.58. The van der Waals surface area contributed by atoms with Gasteiger partial charge in [0.2, 0.25) is 0 Å². The molecule has 0 unspecified atom stereocenters. The van der Waals surface area contributed by atoms with E-state index in [4.69, 9.17) is 0 Å². The van der Waals surface area contributed by atoms with Crippen molar-refractivity contribution >= 4 is 17.4 Å². The molecular formula is C17H27N5O3. The van der Waals surface area contributed by atoms with E-state index in [1.807, 2.05) is 0 Å². The van der Waals surface area contributed by atoms with E-state index < -0.39 is 4.92 Å². The molecule has 1 aliphatic rings. The van der Waals surface area contributed by atoms with Crippen LogP contribution < -0.4 is 10.6 Å². The lowest BCUT2D eigenvalue weighted by Crippen LogP contribution is -2.54. The van der Waals surface area contributed by atoms with Crippen molar-refractivity contribution < 1.29 is 9.72 Å². The third-order valence-electron chi connectivity index (χ3n) is 4.56. The summed E-state index contributed by atoms with van der Waals surface area (Å²) in [6, 6.07) is 5.84. The number of likely N-dealkylation sites (N-methyl/N-ethyl adjacent to an activating group) is 1. The van der Waals surface area contributed by atoms with Crippen LogP contribution in [0.2, 0.25) is 0 Å². The van der Waals surface area contributed by atoms with Gasteiger partial charge in [0.05, 0.1) is 4.92 Å². The van der Waals surface area contributed by atoms with Gasteiger partial charge in [-0.2, -0.15) is 0 Å². The number of carbonyl (C=O) groups is 1. The van der Waals surface area contributed by atoms with E-state index in [1.54, 1.807) is 12.1 Å². The number of nitro benzene ring substituents is 1. The van der Waals surface area contributed by atoms with Gasteiger partial charge in [0, 0.05) is 56.6 Å². The summed E-state index contributed by atoms with van der Waals surface area (Å²) in [4.78, 5) is 27.2. The molecule has 25 heavy (non-hydrogen) atoms. The van der Waals surface area contributed by atoms with Gasteiger partial charge in [-0.25, -0.2) is 4.79 Å². The highest BCUT2D eigenvalue weighted by molar-refractivity contribution is 5.89. The molecule has 1 atom stereocenters. The monoisotopic (exact) mass is 349 g/mol. The van der Waals surface area contributed by atoms with Crippen LogP contribution in [-0.2, 0) is 0 Å². The zero-order chi connectivity index (χ0) is 18.4. The molecule has 1 aromatic rings. The maximum Gasteiger partial charge on any atom is 0.319 e. The van der Waals surface area contributed by atoms with Crippen molar-refractivity contribution in [3.63, 3.8) is 0 Å². The van der Waals surface area contributed by atoms with E-state index in [0.717, 1.165) is 26.2 Å². The van der Waals surface area contributed by atoms with Crippen molar-refractivity contribution in [2.24, 2.45) is 5.92 Å². The second-order valence-electron chi connectivity index (χ2n) is 6.79. The zero-order valence-electron chi connectivity index (χ0n) is 15.1.